The molecule has 1 atom stereocenters. The molecule has 0 radical (unpaired) electrons. The molecular formula is C14H17BrN2O3S. The first-order valence-electron chi connectivity index (χ1n) is 7.08. The van der Waals surface area contributed by atoms with Crippen molar-refractivity contribution in [3.05, 3.63) is 20.8 Å². The van der Waals surface area contributed by atoms with Gasteiger partial charge in [-0.1, -0.05) is 0 Å². The molecule has 0 aromatic carbocycles. The van der Waals surface area contributed by atoms with E-state index in [4.69, 9.17) is 4.74 Å². The van der Waals surface area contributed by atoms with Crippen molar-refractivity contribution in [2.24, 2.45) is 0 Å². The number of carbonyl (C=O) groups excluding carboxylic acids is 2. The maximum atomic E-state index is 12.4. The van der Waals surface area contributed by atoms with Crippen molar-refractivity contribution in [2.75, 3.05) is 19.8 Å². The smallest absolute Gasteiger partial charge is 0.262 e. The van der Waals surface area contributed by atoms with Gasteiger partial charge in [0.05, 0.1) is 4.88 Å². The highest BCUT2D eigenvalue weighted by atomic mass is 79.9. The number of halogens is 1. The molecule has 114 valence electrons. The number of ether oxygens (including phenoxy) is 1. The molecule has 2 saturated heterocycles. The van der Waals surface area contributed by atoms with Gasteiger partial charge in [0.2, 0.25) is 5.91 Å². The highest BCUT2D eigenvalue weighted by molar-refractivity contribution is 9.10. The summed E-state index contributed by atoms with van der Waals surface area (Å²) in [7, 11) is 0. The van der Waals surface area contributed by atoms with Crippen molar-refractivity contribution in [3.63, 3.8) is 0 Å². The van der Waals surface area contributed by atoms with Gasteiger partial charge in [-0.3, -0.25) is 9.59 Å². The lowest BCUT2D eigenvalue weighted by atomic mass is 10.1. The van der Waals surface area contributed by atoms with Crippen molar-refractivity contribution in [2.45, 2.75) is 31.3 Å². The average Bonchev–Trinajstić information content (AvgIpc) is 3.07. The number of thiophene rings is 1. The summed E-state index contributed by atoms with van der Waals surface area (Å²) in [5.74, 6) is -0.122. The molecule has 1 aromatic heterocycles. The molecule has 0 saturated carbocycles. The summed E-state index contributed by atoms with van der Waals surface area (Å²) in [4.78, 5) is 27.1. The topological polar surface area (TPSA) is 58.6 Å². The molecule has 21 heavy (non-hydrogen) atoms. The third-order valence-electron chi connectivity index (χ3n) is 3.97. The zero-order valence-electron chi connectivity index (χ0n) is 11.5. The standard InChI is InChI=1S/C14H17BrN2O3S/c15-9-7-12(21-8-9)13(18)16-11-1-4-17(14(11)19)10-2-5-20-6-3-10/h7-8,10-11H,1-6H2,(H,16,18). The van der Waals surface area contributed by atoms with E-state index in [1.165, 1.54) is 11.3 Å². The number of likely N-dealkylation sites (tertiary alicyclic amines) is 1. The van der Waals surface area contributed by atoms with Gasteiger partial charge in [-0.2, -0.15) is 0 Å². The Bertz CT molecular complexity index is 542. The minimum absolute atomic E-state index is 0.0471. The SMILES string of the molecule is O=C(NC1CCN(C2CCOCC2)C1=O)c1cc(Br)cs1. The summed E-state index contributed by atoms with van der Waals surface area (Å²) in [6.07, 6.45) is 2.48. The van der Waals surface area contributed by atoms with E-state index in [0.29, 0.717) is 24.5 Å². The summed E-state index contributed by atoms with van der Waals surface area (Å²) in [5.41, 5.74) is 0. The second-order valence-electron chi connectivity index (χ2n) is 5.32. The number of rotatable bonds is 3. The maximum Gasteiger partial charge on any atom is 0.262 e. The maximum absolute atomic E-state index is 12.4. The molecule has 3 heterocycles. The lowest BCUT2D eigenvalue weighted by molar-refractivity contribution is -0.132. The van der Waals surface area contributed by atoms with Crippen molar-refractivity contribution >= 4 is 39.1 Å². The molecule has 0 aliphatic carbocycles. The van der Waals surface area contributed by atoms with E-state index in [1.807, 2.05) is 10.3 Å². The summed E-state index contributed by atoms with van der Waals surface area (Å²) in [5, 5.41) is 4.72. The first-order valence-corrected chi connectivity index (χ1v) is 8.75. The van der Waals surface area contributed by atoms with Gasteiger partial charge >= 0.3 is 0 Å². The largest absolute Gasteiger partial charge is 0.381 e. The molecule has 0 spiro atoms. The van der Waals surface area contributed by atoms with Crippen LogP contribution in [-0.2, 0) is 9.53 Å². The molecule has 1 aromatic rings. The Morgan fingerprint density at radius 1 is 1.38 bits per heavy atom. The second-order valence-corrected chi connectivity index (χ2v) is 7.15. The molecule has 2 aliphatic rings. The van der Waals surface area contributed by atoms with E-state index >= 15 is 0 Å². The highest BCUT2D eigenvalue weighted by Gasteiger charge is 2.37. The van der Waals surface area contributed by atoms with Crippen molar-refractivity contribution in [3.8, 4) is 0 Å². The summed E-state index contributed by atoms with van der Waals surface area (Å²) in [6.45, 7) is 2.16. The molecule has 1 unspecified atom stereocenters. The number of amides is 2. The van der Waals surface area contributed by atoms with E-state index in [1.54, 1.807) is 6.07 Å². The molecule has 5 nitrogen and oxygen atoms in total. The lowest BCUT2D eigenvalue weighted by Crippen LogP contribution is -2.46. The van der Waals surface area contributed by atoms with E-state index < -0.39 is 0 Å². The summed E-state index contributed by atoms with van der Waals surface area (Å²) >= 11 is 4.70. The van der Waals surface area contributed by atoms with Gasteiger partial charge in [0.15, 0.2) is 0 Å². The van der Waals surface area contributed by atoms with Crippen LogP contribution in [0.15, 0.2) is 15.9 Å². The van der Waals surface area contributed by atoms with Crippen molar-refractivity contribution < 1.29 is 14.3 Å². The Kier molecular flexibility index (Phi) is 4.61. The van der Waals surface area contributed by atoms with E-state index in [9.17, 15) is 9.59 Å². The molecule has 7 heteroatoms. The summed E-state index contributed by atoms with van der Waals surface area (Å²) in [6, 6.07) is 1.65. The van der Waals surface area contributed by atoms with Gasteiger partial charge in [0.1, 0.15) is 6.04 Å². The average molecular weight is 373 g/mol. The predicted octanol–water partition coefficient (Wildman–Crippen LogP) is 2.02. The molecule has 2 fully saturated rings. The monoisotopic (exact) mass is 372 g/mol. The number of hydrogen-bond acceptors (Lipinski definition) is 4. The Morgan fingerprint density at radius 3 is 2.81 bits per heavy atom. The fourth-order valence-electron chi connectivity index (χ4n) is 2.86. The quantitative estimate of drug-likeness (QED) is 0.882. The zero-order chi connectivity index (χ0) is 14.8. The van der Waals surface area contributed by atoms with Gasteiger partial charge in [-0.05, 0) is 41.3 Å². The van der Waals surface area contributed by atoms with Crippen LogP contribution in [0.2, 0.25) is 0 Å². The first kappa shape index (κ1) is 15.0. The minimum atomic E-state index is -0.388. The fraction of sp³-hybridized carbons (Fsp3) is 0.571. The lowest BCUT2D eigenvalue weighted by Gasteiger charge is -2.31. The Hall–Kier alpha value is -0.920. The van der Waals surface area contributed by atoms with E-state index in [-0.39, 0.29) is 23.9 Å². The van der Waals surface area contributed by atoms with Crippen LogP contribution in [0, 0.1) is 0 Å². The third kappa shape index (κ3) is 3.30. The van der Waals surface area contributed by atoms with Crippen LogP contribution in [0.1, 0.15) is 28.9 Å². The zero-order valence-corrected chi connectivity index (χ0v) is 13.9. The summed E-state index contributed by atoms with van der Waals surface area (Å²) < 4.78 is 6.22. The number of hydrogen-bond donors (Lipinski definition) is 1. The number of nitrogens with zero attached hydrogens (tertiary/aromatic N) is 1. The first-order chi connectivity index (χ1) is 10.1. The highest BCUT2D eigenvalue weighted by Crippen LogP contribution is 2.23. The Balaban J connectivity index is 1.60. The van der Waals surface area contributed by atoms with E-state index in [2.05, 4.69) is 21.2 Å². The van der Waals surface area contributed by atoms with E-state index in [0.717, 1.165) is 23.9 Å². The van der Waals surface area contributed by atoms with Crippen LogP contribution >= 0.6 is 27.3 Å². The van der Waals surface area contributed by atoms with Gasteiger partial charge in [-0.15, -0.1) is 11.3 Å². The van der Waals surface area contributed by atoms with Gasteiger partial charge in [-0.25, -0.2) is 0 Å². The fourth-order valence-corrected chi connectivity index (χ4v) is 4.19. The molecule has 2 amide bonds. The van der Waals surface area contributed by atoms with Gasteiger partial charge < -0.3 is 15.0 Å². The van der Waals surface area contributed by atoms with Gasteiger partial charge in [0, 0.05) is 35.7 Å². The minimum Gasteiger partial charge on any atom is -0.381 e. The van der Waals surface area contributed by atoms with Crippen LogP contribution in [0.4, 0.5) is 0 Å². The van der Waals surface area contributed by atoms with Crippen LogP contribution in [-0.4, -0.2) is 48.6 Å². The van der Waals surface area contributed by atoms with Crippen LogP contribution < -0.4 is 5.32 Å². The van der Waals surface area contributed by atoms with Crippen LogP contribution in [0.5, 0.6) is 0 Å². The molecular weight excluding hydrogens is 356 g/mol. The predicted molar refractivity (Wildman–Crippen MR) is 83.4 cm³/mol. The Labute approximate surface area is 135 Å². The normalized spacial score (nSPS) is 23.6. The van der Waals surface area contributed by atoms with Crippen molar-refractivity contribution in [1.82, 2.24) is 10.2 Å². The molecule has 2 aliphatic heterocycles. The van der Waals surface area contributed by atoms with Crippen molar-refractivity contribution in [1.29, 1.82) is 0 Å². The van der Waals surface area contributed by atoms with Crippen LogP contribution in [0.3, 0.4) is 0 Å². The molecule has 0 bridgehead atoms. The Morgan fingerprint density at radius 2 is 2.14 bits per heavy atom. The number of nitrogens with one attached hydrogen (secondary N) is 1. The van der Waals surface area contributed by atoms with Crippen LogP contribution in [0.25, 0.3) is 0 Å². The third-order valence-corrected chi connectivity index (χ3v) is 5.66. The number of carbonyl (C=O) groups is 2. The molecule has 3 rings (SSSR count). The molecule has 1 N–H and O–H groups in total. The van der Waals surface area contributed by atoms with Gasteiger partial charge in [0.25, 0.3) is 5.91 Å². The second kappa shape index (κ2) is 6.46.